The summed E-state index contributed by atoms with van der Waals surface area (Å²) in [5.74, 6) is -1.36. The number of aromatic nitrogens is 1. The zero-order valence-corrected chi connectivity index (χ0v) is 11.8. The number of carbonyl (C=O) groups excluding carboxylic acids is 1. The van der Waals surface area contributed by atoms with Gasteiger partial charge < -0.3 is 10.2 Å². The van der Waals surface area contributed by atoms with E-state index in [0.717, 1.165) is 0 Å². The molecule has 0 fully saturated rings. The first-order chi connectivity index (χ1) is 10.5. The number of anilines is 1. The Balaban J connectivity index is 2.03. The van der Waals surface area contributed by atoms with Crippen LogP contribution in [0.2, 0.25) is 0 Å². The van der Waals surface area contributed by atoms with E-state index in [1.807, 2.05) is 0 Å². The average molecular weight is 300 g/mol. The van der Waals surface area contributed by atoms with Crippen LogP contribution in [0.3, 0.4) is 0 Å². The summed E-state index contributed by atoms with van der Waals surface area (Å²) in [7, 11) is 0. The molecule has 2 aromatic carbocycles. The molecule has 3 rings (SSSR count). The number of hydrogen-bond donors (Lipinski definition) is 1. The summed E-state index contributed by atoms with van der Waals surface area (Å²) in [5.41, 5.74) is 7.62. The van der Waals surface area contributed by atoms with E-state index in [1.165, 1.54) is 22.8 Å². The number of fused-ring (bicyclic) bond motifs is 1. The van der Waals surface area contributed by atoms with Gasteiger partial charge in [0.15, 0.2) is 11.4 Å². The summed E-state index contributed by atoms with van der Waals surface area (Å²) in [5, 5.41) is 0. The molecule has 22 heavy (non-hydrogen) atoms. The van der Waals surface area contributed by atoms with Crippen LogP contribution in [-0.4, -0.2) is 10.4 Å². The fourth-order valence-corrected chi connectivity index (χ4v) is 2.35. The maximum absolute atomic E-state index is 13.3. The summed E-state index contributed by atoms with van der Waals surface area (Å²) in [6.07, 6.45) is 0. The molecule has 2 N–H and O–H groups in total. The quantitative estimate of drug-likeness (QED) is 0.595. The fraction of sp³-hybridized carbons (Fsp3) is 0.125. The highest BCUT2D eigenvalue weighted by Gasteiger charge is 2.16. The zero-order chi connectivity index (χ0) is 15.9. The average Bonchev–Trinajstić information content (AvgIpc) is 2.79. The molecule has 0 spiro atoms. The van der Waals surface area contributed by atoms with Crippen LogP contribution in [0.1, 0.15) is 15.9 Å². The number of nitrogens with zero attached hydrogens (tertiary/aromatic N) is 1. The summed E-state index contributed by atoms with van der Waals surface area (Å²) >= 11 is 0. The van der Waals surface area contributed by atoms with Crippen molar-refractivity contribution in [2.24, 2.45) is 0 Å². The number of ketones is 1. The van der Waals surface area contributed by atoms with Gasteiger partial charge in [0.25, 0.3) is 0 Å². The Labute approximate surface area is 124 Å². The smallest absolute Gasteiger partial charge is 0.408 e. The molecular formula is C16H13FN2O3. The number of benzene rings is 2. The second-order valence-electron chi connectivity index (χ2n) is 5.04. The molecular weight excluding hydrogens is 287 g/mol. The van der Waals surface area contributed by atoms with Gasteiger partial charge in [0.1, 0.15) is 11.3 Å². The number of hydrogen-bond acceptors (Lipinski definition) is 4. The minimum atomic E-state index is -0.653. The highest BCUT2D eigenvalue weighted by Crippen LogP contribution is 2.20. The summed E-state index contributed by atoms with van der Waals surface area (Å²) in [6, 6.07) is 8.97. The lowest BCUT2D eigenvalue weighted by molar-refractivity contribution is 0.0970. The van der Waals surface area contributed by atoms with E-state index in [0.29, 0.717) is 27.9 Å². The molecule has 0 amide bonds. The molecule has 0 aliphatic heterocycles. The van der Waals surface area contributed by atoms with Gasteiger partial charge in [-0.25, -0.2) is 9.18 Å². The second-order valence-corrected chi connectivity index (χ2v) is 5.04. The van der Waals surface area contributed by atoms with Crippen molar-refractivity contribution in [3.8, 4) is 0 Å². The molecule has 3 aromatic rings. The van der Waals surface area contributed by atoms with Crippen LogP contribution in [-0.2, 0) is 6.54 Å². The number of aryl methyl sites for hydroxylation is 1. The van der Waals surface area contributed by atoms with Crippen molar-refractivity contribution < 1.29 is 13.6 Å². The number of nitrogen functional groups attached to an aromatic ring is 1. The van der Waals surface area contributed by atoms with Crippen molar-refractivity contribution in [2.45, 2.75) is 13.5 Å². The Morgan fingerprint density at radius 3 is 2.82 bits per heavy atom. The number of halogens is 1. The number of nitrogens with two attached hydrogens (primary N) is 1. The first-order valence-corrected chi connectivity index (χ1v) is 6.64. The maximum atomic E-state index is 13.3. The molecule has 5 nitrogen and oxygen atoms in total. The van der Waals surface area contributed by atoms with Crippen molar-refractivity contribution in [1.82, 2.24) is 4.57 Å². The SMILES string of the molecule is Cc1cc(C(=O)Cn2c(=O)oc3cccc(N)c32)ccc1F. The van der Waals surface area contributed by atoms with E-state index in [1.54, 1.807) is 25.1 Å². The van der Waals surface area contributed by atoms with Gasteiger partial charge in [0.05, 0.1) is 12.2 Å². The Kier molecular flexibility index (Phi) is 3.29. The van der Waals surface area contributed by atoms with Gasteiger partial charge >= 0.3 is 5.76 Å². The second kappa shape index (κ2) is 5.14. The molecule has 0 aliphatic carbocycles. The first kappa shape index (κ1) is 14.1. The Bertz CT molecular complexity index is 940. The summed E-state index contributed by atoms with van der Waals surface area (Å²) in [4.78, 5) is 24.2. The topological polar surface area (TPSA) is 78.2 Å². The largest absolute Gasteiger partial charge is 0.420 e. The molecule has 1 aromatic heterocycles. The van der Waals surface area contributed by atoms with Gasteiger partial charge in [-0.05, 0) is 42.8 Å². The number of Topliss-reactive ketones (excluding diaryl/α,β-unsaturated/α-hetero) is 1. The Morgan fingerprint density at radius 2 is 2.09 bits per heavy atom. The van der Waals surface area contributed by atoms with E-state index in [9.17, 15) is 14.0 Å². The number of para-hydroxylation sites is 1. The lowest BCUT2D eigenvalue weighted by Crippen LogP contribution is -2.20. The van der Waals surface area contributed by atoms with Crippen LogP contribution in [0.4, 0.5) is 10.1 Å². The minimum Gasteiger partial charge on any atom is -0.408 e. The van der Waals surface area contributed by atoms with Crippen molar-refractivity contribution in [3.05, 3.63) is 63.9 Å². The molecule has 112 valence electrons. The minimum absolute atomic E-state index is 0.217. The third-order valence-corrected chi connectivity index (χ3v) is 3.50. The molecule has 0 radical (unpaired) electrons. The lowest BCUT2D eigenvalue weighted by atomic mass is 10.1. The normalized spacial score (nSPS) is 11.0. The Morgan fingerprint density at radius 1 is 1.32 bits per heavy atom. The monoisotopic (exact) mass is 300 g/mol. The van der Waals surface area contributed by atoms with Crippen molar-refractivity contribution in [3.63, 3.8) is 0 Å². The van der Waals surface area contributed by atoms with E-state index < -0.39 is 5.76 Å². The predicted octanol–water partition coefficient (Wildman–Crippen LogP) is 2.51. The number of rotatable bonds is 3. The van der Waals surface area contributed by atoms with Crippen LogP contribution in [0, 0.1) is 12.7 Å². The predicted molar refractivity (Wildman–Crippen MR) is 80.4 cm³/mol. The van der Waals surface area contributed by atoms with Crippen molar-refractivity contribution in [1.29, 1.82) is 0 Å². The highest BCUT2D eigenvalue weighted by molar-refractivity contribution is 5.97. The van der Waals surface area contributed by atoms with Gasteiger partial charge in [-0.15, -0.1) is 0 Å². The van der Waals surface area contributed by atoms with Gasteiger partial charge in [0, 0.05) is 5.56 Å². The number of oxazole rings is 1. The van der Waals surface area contributed by atoms with Crippen LogP contribution < -0.4 is 11.5 Å². The lowest BCUT2D eigenvalue weighted by Gasteiger charge is -2.05. The molecule has 0 saturated heterocycles. The molecule has 0 unspecified atom stereocenters. The molecule has 0 atom stereocenters. The fourth-order valence-electron chi connectivity index (χ4n) is 2.35. The molecule has 6 heteroatoms. The van der Waals surface area contributed by atoms with Crippen LogP contribution in [0.5, 0.6) is 0 Å². The number of carbonyl (C=O) groups is 1. The van der Waals surface area contributed by atoms with Gasteiger partial charge in [-0.3, -0.25) is 9.36 Å². The van der Waals surface area contributed by atoms with E-state index in [2.05, 4.69) is 0 Å². The Hall–Kier alpha value is -2.89. The van der Waals surface area contributed by atoms with Crippen LogP contribution >= 0.6 is 0 Å². The molecule has 1 heterocycles. The van der Waals surface area contributed by atoms with Crippen molar-refractivity contribution in [2.75, 3.05) is 5.73 Å². The zero-order valence-electron chi connectivity index (χ0n) is 11.8. The molecule has 0 aliphatic rings. The van der Waals surface area contributed by atoms with Gasteiger partial charge in [-0.2, -0.15) is 0 Å². The van der Waals surface area contributed by atoms with E-state index >= 15 is 0 Å². The standard InChI is InChI=1S/C16H13FN2O3/c1-9-7-10(5-6-11(9)17)13(20)8-19-15-12(18)3-2-4-14(15)22-16(19)21/h2-7H,8,18H2,1H3. The van der Waals surface area contributed by atoms with Crippen LogP contribution in [0.15, 0.2) is 45.6 Å². The molecule has 0 saturated carbocycles. The van der Waals surface area contributed by atoms with Crippen LogP contribution in [0.25, 0.3) is 11.1 Å². The summed E-state index contributed by atoms with van der Waals surface area (Å²) in [6.45, 7) is 1.36. The third-order valence-electron chi connectivity index (χ3n) is 3.50. The highest BCUT2D eigenvalue weighted by atomic mass is 19.1. The third kappa shape index (κ3) is 2.28. The van der Waals surface area contributed by atoms with Gasteiger partial charge in [0.2, 0.25) is 0 Å². The maximum Gasteiger partial charge on any atom is 0.420 e. The summed E-state index contributed by atoms with van der Waals surface area (Å²) < 4.78 is 19.5. The molecule has 0 bridgehead atoms. The van der Waals surface area contributed by atoms with E-state index in [-0.39, 0.29) is 18.1 Å². The van der Waals surface area contributed by atoms with E-state index in [4.69, 9.17) is 10.2 Å². The van der Waals surface area contributed by atoms with Crippen molar-refractivity contribution >= 4 is 22.6 Å². The first-order valence-electron chi connectivity index (χ1n) is 6.64. The van der Waals surface area contributed by atoms with Gasteiger partial charge in [-0.1, -0.05) is 6.07 Å².